The van der Waals surface area contributed by atoms with E-state index < -0.39 is 12.0 Å². The van der Waals surface area contributed by atoms with Crippen molar-refractivity contribution < 1.29 is 14.7 Å². The first kappa shape index (κ1) is 13.0. The van der Waals surface area contributed by atoms with Gasteiger partial charge in [-0.25, -0.2) is 4.98 Å². The second-order valence-corrected chi connectivity index (χ2v) is 5.44. The second-order valence-electron chi connectivity index (χ2n) is 4.58. The van der Waals surface area contributed by atoms with Gasteiger partial charge in [-0.15, -0.1) is 11.3 Å². The van der Waals surface area contributed by atoms with Crippen LogP contribution in [0.25, 0.3) is 0 Å². The molecule has 1 saturated carbocycles. The van der Waals surface area contributed by atoms with E-state index in [4.69, 9.17) is 5.11 Å². The van der Waals surface area contributed by atoms with Gasteiger partial charge in [0.05, 0.1) is 11.2 Å². The molecule has 0 saturated heterocycles. The monoisotopic (exact) mass is 268 g/mol. The molecule has 6 heteroatoms. The van der Waals surface area contributed by atoms with Crippen LogP contribution < -0.4 is 5.32 Å². The maximum atomic E-state index is 12.0. The Labute approximate surface area is 109 Å². The molecule has 98 valence electrons. The Morgan fingerprint density at radius 3 is 2.78 bits per heavy atom. The van der Waals surface area contributed by atoms with E-state index in [-0.39, 0.29) is 5.91 Å². The maximum absolute atomic E-state index is 12.0. The Balaban J connectivity index is 2.10. The zero-order valence-corrected chi connectivity index (χ0v) is 11.0. The van der Waals surface area contributed by atoms with Crippen LogP contribution in [0.1, 0.15) is 53.9 Å². The van der Waals surface area contributed by atoms with Gasteiger partial charge in [0, 0.05) is 5.92 Å². The Morgan fingerprint density at radius 1 is 1.50 bits per heavy atom. The number of hydrogen-bond acceptors (Lipinski definition) is 4. The minimum atomic E-state index is -1.03. The molecule has 1 unspecified atom stereocenters. The third kappa shape index (κ3) is 2.69. The molecule has 1 aromatic heterocycles. The molecule has 2 N–H and O–H groups in total. The van der Waals surface area contributed by atoms with Gasteiger partial charge in [-0.2, -0.15) is 0 Å². The number of thiazole rings is 1. The molecule has 5 nitrogen and oxygen atoms in total. The summed E-state index contributed by atoms with van der Waals surface area (Å²) in [5.74, 6) is -0.998. The summed E-state index contributed by atoms with van der Waals surface area (Å²) in [5, 5.41) is 11.3. The van der Waals surface area contributed by atoms with E-state index in [1.807, 2.05) is 0 Å². The second kappa shape index (κ2) is 5.48. The fraction of sp³-hybridized carbons (Fsp3) is 0.583. The Kier molecular flexibility index (Phi) is 3.96. The molecule has 18 heavy (non-hydrogen) atoms. The van der Waals surface area contributed by atoms with Gasteiger partial charge in [0.1, 0.15) is 10.9 Å². The minimum absolute atomic E-state index is 0.325. The van der Waals surface area contributed by atoms with Crippen molar-refractivity contribution in [1.82, 2.24) is 10.3 Å². The van der Waals surface area contributed by atoms with Crippen LogP contribution in [0.5, 0.6) is 0 Å². The smallest absolute Gasteiger partial charge is 0.325 e. The van der Waals surface area contributed by atoms with E-state index in [1.165, 1.54) is 31.1 Å². The Hall–Kier alpha value is -1.43. The van der Waals surface area contributed by atoms with Gasteiger partial charge in [0.15, 0.2) is 0 Å². The zero-order chi connectivity index (χ0) is 13.1. The quantitative estimate of drug-likeness (QED) is 0.875. The molecule has 0 bridgehead atoms. The summed E-state index contributed by atoms with van der Waals surface area (Å²) in [4.78, 5) is 27.6. The number of aliphatic carboxylic acids is 1. The summed E-state index contributed by atoms with van der Waals surface area (Å²) in [6, 6.07) is -0.879. The lowest BCUT2D eigenvalue weighted by molar-refractivity contribution is -0.138. The fourth-order valence-electron chi connectivity index (χ4n) is 2.24. The van der Waals surface area contributed by atoms with Gasteiger partial charge in [-0.3, -0.25) is 9.59 Å². The number of aromatic nitrogens is 1. The van der Waals surface area contributed by atoms with Crippen LogP contribution in [0.3, 0.4) is 0 Å². The first-order chi connectivity index (χ1) is 8.59. The zero-order valence-electron chi connectivity index (χ0n) is 10.2. The van der Waals surface area contributed by atoms with Crippen molar-refractivity contribution in [2.24, 2.45) is 0 Å². The highest BCUT2D eigenvalue weighted by atomic mass is 32.1. The molecule has 1 aliphatic rings. The van der Waals surface area contributed by atoms with Crippen LogP contribution in [0.2, 0.25) is 0 Å². The lowest BCUT2D eigenvalue weighted by Gasteiger charge is -2.11. The van der Waals surface area contributed by atoms with Crippen LogP contribution in [0, 0.1) is 0 Å². The summed E-state index contributed by atoms with van der Waals surface area (Å²) >= 11 is 1.28. The molecule has 2 rings (SSSR count). The molecule has 0 spiro atoms. The van der Waals surface area contributed by atoms with Crippen molar-refractivity contribution in [2.45, 2.75) is 44.6 Å². The molecular weight excluding hydrogens is 252 g/mol. The lowest BCUT2D eigenvalue weighted by atomic mass is 10.0. The fourth-order valence-corrected chi connectivity index (χ4v) is 3.02. The van der Waals surface area contributed by atoms with Gasteiger partial charge in [-0.1, -0.05) is 12.8 Å². The van der Waals surface area contributed by atoms with E-state index >= 15 is 0 Å². The number of nitrogens with one attached hydrogen (secondary N) is 1. The normalized spacial score (nSPS) is 17.6. The molecule has 1 fully saturated rings. The van der Waals surface area contributed by atoms with Gasteiger partial charge in [0.25, 0.3) is 5.91 Å². The molecule has 1 aliphatic carbocycles. The third-order valence-electron chi connectivity index (χ3n) is 3.26. The van der Waals surface area contributed by atoms with Crippen molar-refractivity contribution in [3.63, 3.8) is 0 Å². The maximum Gasteiger partial charge on any atom is 0.325 e. The molecular formula is C12H16N2O3S. The van der Waals surface area contributed by atoms with Crippen molar-refractivity contribution in [2.75, 3.05) is 0 Å². The largest absolute Gasteiger partial charge is 0.480 e. The highest BCUT2D eigenvalue weighted by molar-refractivity contribution is 7.11. The van der Waals surface area contributed by atoms with E-state index in [0.29, 0.717) is 10.8 Å². The number of amides is 1. The van der Waals surface area contributed by atoms with E-state index in [2.05, 4.69) is 10.3 Å². The number of nitrogens with zero attached hydrogens (tertiary/aromatic N) is 1. The van der Waals surface area contributed by atoms with E-state index in [9.17, 15) is 9.59 Å². The van der Waals surface area contributed by atoms with Crippen molar-refractivity contribution in [1.29, 1.82) is 0 Å². The van der Waals surface area contributed by atoms with Crippen LogP contribution in [-0.2, 0) is 4.79 Å². The number of rotatable bonds is 4. The Morgan fingerprint density at radius 2 is 2.17 bits per heavy atom. The van der Waals surface area contributed by atoms with Gasteiger partial charge < -0.3 is 10.4 Å². The summed E-state index contributed by atoms with van der Waals surface area (Å²) in [6.07, 6.45) is 4.49. The summed E-state index contributed by atoms with van der Waals surface area (Å²) in [6.45, 7) is 1.45. The third-order valence-corrected chi connectivity index (χ3v) is 4.10. The molecule has 1 heterocycles. The Bertz CT molecular complexity index is 452. The molecule has 1 atom stereocenters. The summed E-state index contributed by atoms with van der Waals surface area (Å²) < 4.78 is 0. The van der Waals surface area contributed by atoms with Crippen LogP contribution in [0.15, 0.2) is 5.51 Å². The minimum Gasteiger partial charge on any atom is -0.480 e. The van der Waals surface area contributed by atoms with E-state index in [0.717, 1.165) is 18.5 Å². The molecule has 0 aromatic carbocycles. The predicted octanol–water partition coefficient (Wildman–Crippen LogP) is 2.00. The van der Waals surface area contributed by atoms with Crippen molar-refractivity contribution in [3.8, 4) is 0 Å². The summed E-state index contributed by atoms with van der Waals surface area (Å²) in [5.41, 5.74) is 2.50. The lowest BCUT2D eigenvalue weighted by Crippen LogP contribution is -2.38. The molecule has 1 amide bonds. The number of hydrogen-bond donors (Lipinski definition) is 2. The number of carbonyl (C=O) groups is 2. The van der Waals surface area contributed by atoms with Crippen LogP contribution in [-0.4, -0.2) is 28.0 Å². The van der Waals surface area contributed by atoms with Gasteiger partial charge in [0.2, 0.25) is 0 Å². The standard InChI is InChI=1S/C12H16N2O3S/c1-7(12(16)17)14-11(15)10-9(13-6-18-10)8-4-2-3-5-8/h6-8H,2-5H2,1H3,(H,14,15)(H,16,17). The number of carboxylic acid groups (broad SMARTS) is 1. The first-order valence-corrected chi connectivity index (χ1v) is 6.94. The van der Waals surface area contributed by atoms with E-state index in [1.54, 1.807) is 5.51 Å². The number of carboxylic acids is 1. The van der Waals surface area contributed by atoms with Crippen LogP contribution >= 0.6 is 11.3 Å². The van der Waals surface area contributed by atoms with Crippen LogP contribution in [0.4, 0.5) is 0 Å². The summed E-state index contributed by atoms with van der Waals surface area (Å²) in [7, 11) is 0. The van der Waals surface area contributed by atoms with Crippen molar-refractivity contribution >= 4 is 23.2 Å². The predicted molar refractivity (Wildman–Crippen MR) is 67.9 cm³/mol. The average molecular weight is 268 g/mol. The first-order valence-electron chi connectivity index (χ1n) is 6.06. The molecule has 0 aliphatic heterocycles. The van der Waals surface area contributed by atoms with Gasteiger partial charge in [-0.05, 0) is 19.8 Å². The molecule has 1 aromatic rings. The highest BCUT2D eigenvalue weighted by Gasteiger charge is 2.26. The number of carbonyl (C=O) groups excluding carboxylic acids is 1. The SMILES string of the molecule is CC(NC(=O)c1scnc1C1CCCC1)C(=O)O. The van der Waals surface area contributed by atoms with Gasteiger partial charge >= 0.3 is 5.97 Å². The van der Waals surface area contributed by atoms with Crippen molar-refractivity contribution in [3.05, 3.63) is 16.1 Å². The average Bonchev–Trinajstić information content (AvgIpc) is 2.99. The highest BCUT2D eigenvalue weighted by Crippen LogP contribution is 2.36. The topological polar surface area (TPSA) is 79.3 Å². The molecule has 0 radical (unpaired) electrons.